The molecule has 8 nitrogen and oxygen atoms in total. The van der Waals surface area contributed by atoms with Crippen molar-refractivity contribution in [3.8, 4) is 0 Å². The summed E-state index contributed by atoms with van der Waals surface area (Å²) in [5.41, 5.74) is 1.18. The summed E-state index contributed by atoms with van der Waals surface area (Å²) in [5, 5.41) is 6.92. The number of morpholine rings is 1. The molecule has 168 valence electrons. The molecule has 2 N–H and O–H groups in total. The third-order valence-corrected chi connectivity index (χ3v) is 5.97. The Morgan fingerprint density at radius 3 is 2.87 bits per heavy atom. The van der Waals surface area contributed by atoms with Crippen LogP contribution in [-0.2, 0) is 11.3 Å². The maximum atomic E-state index is 5.72. The Labute approximate surface area is 184 Å². The lowest BCUT2D eigenvalue weighted by molar-refractivity contribution is 0.0529. The molecular weight excluding hydrogens is 392 g/mol. The van der Waals surface area contributed by atoms with Crippen LogP contribution in [0.15, 0.2) is 46.1 Å². The zero-order chi connectivity index (χ0) is 21.5. The van der Waals surface area contributed by atoms with Crippen LogP contribution in [0, 0.1) is 0 Å². The average molecular weight is 427 g/mol. The van der Waals surface area contributed by atoms with Crippen molar-refractivity contribution in [3.05, 3.63) is 48.0 Å². The van der Waals surface area contributed by atoms with Gasteiger partial charge in [0.2, 0.25) is 0 Å². The van der Waals surface area contributed by atoms with Crippen molar-refractivity contribution in [2.24, 2.45) is 4.99 Å². The first-order valence-electron chi connectivity index (χ1n) is 11.3. The molecule has 0 aliphatic carbocycles. The highest BCUT2D eigenvalue weighted by Crippen LogP contribution is 2.24. The zero-order valence-electron chi connectivity index (χ0n) is 18.6. The second kappa shape index (κ2) is 10.6. The Morgan fingerprint density at radius 1 is 1.26 bits per heavy atom. The van der Waals surface area contributed by atoms with Gasteiger partial charge in [0.1, 0.15) is 11.6 Å². The van der Waals surface area contributed by atoms with E-state index in [1.807, 2.05) is 18.3 Å². The predicted molar refractivity (Wildman–Crippen MR) is 122 cm³/mol. The van der Waals surface area contributed by atoms with Gasteiger partial charge < -0.3 is 24.7 Å². The minimum absolute atomic E-state index is 0.215. The lowest BCUT2D eigenvalue weighted by atomic mass is 10.2. The van der Waals surface area contributed by atoms with Crippen LogP contribution in [0.5, 0.6) is 0 Å². The van der Waals surface area contributed by atoms with E-state index in [1.54, 1.807) is 13.3 Å². The number of anilines is 1. The Morgan fingerprint density at radius 2 is 2.13 bits per heavy atom. The van der Waals surface area contributed by atoms with Crippen LogP contribution < -0.4 is 15.5 Å². The standard InChI is InChI=1S/C23H34N6O2/c1-18-17-29(11-13-30-18)22-14-19(7-8-25-22)15-26-23(24-2)27-16-20(21-6-5-12-31-21)28-9-3-4-10-28/h5-8,12,14,18,20H,3-4,9-11,13,15-17H2,1-2H3,(H2,24,26,27). The molecule has 2 aromatic heterocycles. The number of hydrogen-bond donors (Lipinski definition) is 2. The van der Waals surface area contributed by atoms with Crippen LogP contribution in [0.4, 0.5) is 5.82 Å². The van der Waals surface area contributed by atoms with Gasteiger partial charge in [-0.3, -0.25) is 9.89 Å². The number of guanidine groups is 1. The molecule has 0 saturated carbocycles. The highest BCUT2D eigenvalue weighted by molar-refractivity contribution is 5.79. The number of nitrogens with zero attached hydrogens (tertiary/aromatic N) is 4. The highest BCUT2D eigenvalue weighted by atomic mass is 16.5. The van der Waals surface area contributed by atoms with E-state index in [0.29, 0.717) is 6.54 Å². The predicted octanol–water partition coefficient (Wildman–Crippen LogP) is 2.40. The van der Waals surface area contributed by atoms with Crippen LogP contribution in [0.3, 0.4) is 0 Å². The van der Waals surface area contributed by atoms with Gasteiger partial charge in [-0.2, -0.15) is 0 Å². The number of aliphatic imine (C=N–C) groups is 1. The summed E-state index contributed by atoms with van der Waals surface area (Å²) >= 11 is 0. The fraction of sp³-hybridized carbons (Fsp3) is 0.565. The molecule has 0 amide bonds. The van der Waals surface area contributed by atoms with Gasteiger partial charge in [-0.25, -0.2) is 4.98 Å². The smallest absolute Gasteiger partial charge is 0.191 e. The number of nitrogens with one attached hydrogen (secondary N) is 2. The van der Waals surface area contributed by atoms with Crippen molar-refractivity contribution in [1.82, 2.24) is 20.5 Å². The summed E-state index contributed by atoms with van der Waals surface area (Å²) in [7, 11) is 1.81. The van der Waals surface area contributed by atoms with Gasteiger partial charge in [-0.1, -0.05) is 0 Å². The van der Waals surface area contributed by atoms with Crippen LogP contribution >= 0.6 is 0 Å². The molecule has 2 fully saturated rings. The molecule has 2 atom stereocenters. The second-order valence-corrected chi connectivity index (χ2v) is 8.23. The second-order valence-electron chi connectivity index (χ2n) is 8.23. The molecule has 2 aliphatic heterocycles. The lowest BCUT2D eigenvalue weighted by Gasteiger charge is -2.32. The molecule has 2 saturated heterocycles. The summed E-state index contributed by atoms with van der Waals surface area (Å²) in [5.74, 6) is 2.79. The van der Waals surface area contributed by atoms with E-state index in [0.717, 1.165) is 56.9 Å². The minimum Gasteiger partial charge on any atom is -0.468 e. The summed E-state index contributed by atoms with van der Waals surface area (Å²) < 4.78 is 11.4. The Balaban J connectivity index is 1.32. The summed E-state index contributed by atoms with van der Waals surface area (Å²) in [6, 6.07) is 8.43. The number of likely N-dealkylation sites (tertiary alicyclic amines) is 1. The maximum absolute atomic E-state index is 5.72. The van der Waals surface area contributed by atoms with Gasteiger partial charge >= 0.3 is 0 Å². The molecule has 2 aliphatic rings. The summed E-state index contributed by atoms with van der Waals surface area (Å²) in [4.78, 5) is 13.7. The van der Waals surface area contributed by atoms with Crippen molar-refractivity contribution >= 4 is 11.8 Å². The fourth-order valence-corrected chi connectivity index (χ4v) is 4.31. The Kier molecular flexibility index (Phi) is 7.43. The van der Waals surface area contributed by atoms with Crippen molar-refractivity contribution in [3.63, 3.8) is 0 Å². The summed E-state index contributed by atoms with van der Waals surface area (Å²) in [6.07, 6.45) is 6.36. The molecule has 0 bridgehead atoms. The molecule has 2 aromatic rings. The summed E-state index contributed by atoms with van der Waals surface area (Å²) in [6.45, 7) is 8.25. The lowest BCUT2D eigenvalue weighted by Crippen LogP contribution is -2.42. The maximum Gasteiger partial charge on any atom is 0.191 e. The van der Waals surface area contributed by atoms with Crippen molar-refractivity contribution in [2.45, 2.75) is 38.5 Å². The highest BCUT2D eigenvalue weighted by Gasteiger charge is 2.25. The molecule has 0 spiro atoms. The van der Waals surface area contributed by atoms with E-state index in [9.17, 15) is 0 Å². The van der Waals surface area contributed by atoms with E-state index in [1.165, 1.54) is 18.4 Å². The first-order valence-corrected chi connectivity index (χ1v) is 11.3. The van der Waals surface area contributed by atoms with E-state index >= 15 is 0 Å². The third-order valence-electron chi connectivity index (χ3n) is 5.97. The number of furan rings is 1. The molecule has 0 aromatic carbocycles. The van der Waals surface area contributed by atoms with Crippen molar-refractivity contribution in [2.75, 3.05) is 51.3 Å². The van der Waals surface area contributed by atoms with E-state index < -0.39 is 0 Å². The minimum atomic E-state index is 0.215. The monoisotopic (exact) mass is 426 g/mol. The van der Waals surface area contributed by atoms with E-state index in [4.69, 9.17) is 9.15 Å². The van der Waals surface area contributed by atoms with Gasteiger partial charge in [-0.05, 0) is 62.7 Å². The molecular formula is C23H34N6O2. The van der Waals surface area contributed by atoms with Crippen molar-refractivity contribution < 1.29 is 9.15 Å². The first kappa shape index (κ1) is 21.6. The number of hydrogen-bond acceptors (Lipinski definition) is 6. The van der Waals surface area contributed by atoms with Crippen LogP contribution in [-0.4, -0.2) is 68.3 Å². The normalized spacial score (nSPS) is 21.3. The molecule has 8 heteroatoms. The Bertz CT molecular complexity index is 834. The topological polar surface area (TPSA) is 78.2 Å². The number of pyridine rings is 1. The van der Waals surface area contributed by atoms with E-state index in [2.05, 4.69) is 49.5 Å². The quantitative estimate of drug-likeness (QED) is 0.520. The number of rotatable bonds is 7. The SMILES string of the molecule is CN=C(NCc1ccnc(N2CCOC(C)C2)c1)NCC(c1ccco1)N1CCCC1. The van der Waals surface area contributed by atoms with Crippen LogP contribution in [0.2, 0.25) is 0 Å². The third kappa shape index (κ3) is 5.77. The van der Waals surface area contributed by atoms with E-state index in [-0.39, 0.29) is 12.1 Å². The number of ether oxygens (including phenoxy) is 1. The number of aromatic nitrogens is 1. The molecule has 4 rings (SSSR count). The zero-order valence-corrected chi connectivity index (χ0v) is 18.6. The van der Waals surface area contributed by atoms with Gasteiger partial charge in [0.05, 0.1) is 25.0 Å². The van der Waals surface area contributed by atoms with Crippen LogP contribution in [0.25, 0.3) is 0 Å². The largest absolute Gasteiger partial charge is 0.468 e. The van der Waals surface area contributed by atoms with Crippen molar-refractivity contribution in [1.29, 1.82) is 0 Å². The average Bonchev–Trinajstić information content (AvgIpc) is 3.51. The van der Waals surface area contributed by atoms with Gasteiger partial charge in [0.25, 0.3) is 0 Å². The molecule has 31 heavy (non-hydrogen) atoms. The Hall–Kier alpha value is -2.58. The fourth-order valence-electron chi connectivity index (χ4n) is 4.31. The van der Waals surface area contributed by atoms with Gasteiger partial charge in [0, 0.05) is 39.4 Å². The molecule has 0 radical (unpaired) electrons. The van der Waals surface area contributed by atoms with Crippen LogP contribution in [0.1, 0.15) is 37.1 Å². The molecule has 2 unspecified atom stereocenters. The van der Waals surface area contributed by atoms with Gasteiger partial charge in [-0.15, -0.1) is 0 Å². The molecule has 4 heterocycles. The van der Waals surface area contributed by atoms with Gasteiger partial charge in [0.15, 0.2) is 5.96 Å². The first-order chi connectivity index (χ1) is 15.2.